The fourth-order valence-corrected chi connectivity index (χ4v) is 3.81. The molecule has 0 radical (unpaired) electrons. The summed E-state index contributed by atoms with van der Waals surface area (Å²) in [4.78, 5) is 43.7. The lowest BCUT2D eigenvalue weighted by molar-refractivity contribution is -0.108. The van der Waals surface area contributed by atoms with Crippen LogP contribution < -0.4 is 21.7 Å². The minimum absolute atomic E-state index is 0.0598. The first-order valence-corrected chi connectivity index (χ1v) is 10.8. The molecule has 0 bridgehead atoms. The predicted molar refractivity (Wildman–Crippen MR) is 127 cm³/mol. The summed E-state index contributed by atoms with van der Waals surface area (Å²) in [6.07, 6.45) is 8.96. The van der Waals surface area contributed by atoms with Crippen LogP contribution in [0.4, 0.5) is 22.9 Å². The number of aromatic nitrogens is 4. The number of hydrogen-bond acceptors (Lipinski definition) is 9. The number of carbonyl (C=O) groups is 2. The van der Waals surface area contributed by atoms with E-state index in [9.17, 15) is 9.59 Å². The minimum Gasteiger partial charge on any atom is -0.397 e. The molecule has 3 aromatic rings. The van der Waals surface area contributed by atoms with Crippen LogP contribution in [0.15, 0.2) is 36.8 Å². The van der Waals surface area contributed by atoms with Crippen LogP contribution in [-0.2, 0) is 4.79 Å². The fraction of sp³-hybridized carbons (Fsp3) is 0.304. The van der Waals surface area contributed by atoms with E-state index < -0.39 is 11.8 Å². The molecule has 1 fully saturated rings. The molecule has 0 spiro atoms. The van der Waals surface area contributed by atoms with E-state index in [4.69, 9.17) is 11.5 Å². The van der Waals surface area contributed by atoms with Crippen molar-refractivity contribution in [1.29, 1.82) is 0 Å². The number of nitrogen functional groups attached to an aromatic ring is 2. The standard InChI is InChI=1S/C23H26N8O2/c1-14(13-32)20-22(25)27-12-17(29-20)16-6-5-15(24)21(28-16)23(33)30-18-11-26-8-7-19(18)31-9-3-2-4-10-31/h5-8,11-14H,2-4,9-10,24H2,1H3,(H2,25,27)(H,30,33). The highest BCUT2D eigenvalue weighted by molar-refractivity contribution is 6.07. The Morgan fingerprint density at radius 3 is 2.64 bits per heavy atom. The van der Waals surface area contributed by atoms with Crippen LogP contribution in [0, 0.1) is 0 Å². The summed E-state index contributed by atoms with van der Waals surface area (Å²) in [6, 6.07) is 5.13. The van der Waals surface area contributed by atoms with Crippen molar-refractivity contribution in [3.8, 4) is 11.4 Å². The first kappa shape index (κ1) is 22.1. The number of pyridine rings is 2. The lowest BCUT2D eigenvalue weighted by Crippen LogP contribution is -2.30. The van der Waals surface area contributed by atoms with Gasteiger partial charge in [0.05, 0.1) is 46.8 Å². The third kappa shape index (κ3) is 4.74. The van der Waals surface area contributed by atoms with Gasteiger partial charge in [0, 0.05) is 19.3 Å². The number of nitrogens with one attached hydrogen (secondary N) is 1. The zero-order chi connectivity index (χ0) is 23.4. The van der Waals surface area contributed by atoms with E-state index in [-0.39, 0.29) is 17.2 Å². The first-order valence-electron chi connectivity index (χ1n) is 10.8. The molecule has 4 heterocycles. The Labute approximate surface area is 191 Å². The molecule has 170 valence electrons. The summed E-state index contributed by atoms with van der Waals surface area (Å²) >= 11 is 0. The molecule has 1 unspecified atom stereocenters. The van der Waals surface area contributed by atoms with Crippen LogP contribution in [0.5, 0.6) is 0 Å². The van der Waals surface area contributed by atoms with Gasteiger partial charge < -0.3 is 26.5 Å². The average molecular weight is 447 g/mol. The zero-order valence-corrected chi connectivity index (χ0v) is 18.4. The second-order valence-electron chi connectivity index (χ2n) is 7.98. The Morgan fingerprint density at radius 2 is 1.88 bits per heavy atom. The van der Waals surface area contributed by atoms with Gasteiger partial charge in [0.15, 0.2) is 5.69 Å². The zero-order valence-electron chi connectivity index (χ0n) is 18.4. The Kier molecular flexibility index (Phi) is 6.43. The number of carbonyl (C=O) groups excluding carboxylic acids is 2. The van der Waals surface area contributed by atoms with Crippen molar-refractivity contribution < 1.29 is 9.59 Å². The van der Waals surface area contributed by atoms with Gasteiger partial charge in [0.2, 0.25) is 0 Å². The summed E-state index contributed by atoms with van der Waals surface area (Å²) in [5.41, 5.74) is 14.9. The van der Waals surface area contributed by atoms with E-state index in [1.807, 2.05) is 6.07 Å². The van der Waals surface area contributed by atoms with Crippen molar-refractivity contribution in [3.63, 3.8) is 0 Å². The second kappa shape index (κ2) is 9.60. The largest absolute Gasteiger partial charge is 0.397 e. The van der Waals surface area contributed by atoms with Crippen molar-refractivity contribution in [3.05, 3.63) is 48.2 Å². The predicted octanol–water partition coefficient (Wildman–Crippen LogP) is 2.64. The molecule has 1 amide bonds. The van der Waals surface area contributed by atoms with Crippen molar-refractivity contribution in [1.82, 2.24) is 19.9 Å². The van der Waals surface area contributed by atoms with E-state index >= 15 is 0 Å². The Hall–Kier alpha value is -4.08. The van der Waals surface area contributed by atoms with E-state index in [0.717, 1.165) is 37.9 Å². The number of rotatable bonds is 6. The van der Waals surface area contributed by atoms with Gasteiger partial charge >= 0.3 is 0 Å². The maximum absolute atomic E-state index is 13.1. The molecule has 4 rings (SSSR count). The molecule has 0 saturated carbocycles. The SMILES string of the molecule is CC(C=O)c1nc(-c2ccc(N)c(C(=O)Nc3cnccc3N3CCCCC3)n2)cnc1N. The van der Waals surface area contributed by atoms with Gasteiger partial charge in [-0.25, -0.2) is 15.0 Å². The molecule has 3 aromatic heterocycles. The summed E-state index contributed by atoms with van der Waals surface area (Å²) in [6.45, 7) is 3.54. The molecule has 1 aliphatic rings. The van der Waals surface area contributed by atoms with E-state index in [1.165, 1.54) is 12.6 Å². The Morgan fingerprint density at radius 1 is 1.09 bits per heavy atom. The molecule has 1 saturated heterocycles. The summed E-state index contributed by atoms with van der Waals surface area (Å²) in [7, 11) is 0. The number of hydrogen-bond donors (Lipinski definition) is 3. The van der Waals surface area contributed by atoms with E-state index in [1.54, 1.807) is 31.5 Å². The highest BCUT2D eigenvalue weighted by atomic mass is 16.2. The smallest absolute Gasteiger partial charge is 0.276 e. The van der Waals surface area contributed by atoms with Gasteiger partial charge in [-0.1, -0.05) is 0 Å². The van der Waals surface area contributed by atoms with Crippen LogP contribution in [0.1, 0.15) is 48.3 Å². The minimum atomic E-state index is -0.521. The van der Waals surface area contributed by atoms with Gasteiger partial charge in [-0.05, 0) is 44.4 Å². The van der Waals surface area contributed by atoms with Gasteiger partial charge in [0.1, 0.15) is 17.8 Å². The monoisotopic (exact) mass is 446 g/mol. The maximum Gasteiger partial charge on any atom is 0.276 e. The third-order valence-corrected chi connectivity index (χ3v) is 5.61. The molecule has 0 aromatic carbocycles. The number of nitrogens with two attached hydrogens (primary N) is 2. The van der Waals surface area contributed by atoms with Gasteiger partial charge in [-0.15, -0.1) is 0 Å². The van der Waals surface area contributed by atoms with Gasteiger partial charge in [-0.2, -0.15) is 0 Å². The van der Waals surface area contributed by atoms with Crippen molar-refractivity contribution in [2.45, 2.75) is 32.1 Å². The Balaban J connectivity index is 1.63. The molecule has 10 heteroatoms. The first-order chi connectivity index (χ1) is 16.0. The number of piperidine rings is 1. The van der Waals surface area contributed by atoms with E-state index in [2.05, 4.69) is 30.2 Å². The quantitative estimate of drug-likeness (QED) is 0.485. The number of aldehydes is 1. The fourth-order valence-electron chi connectivity index (χ4n) is 3.81. The van der Waals surface area contributed by atoms with Crippen LogP contribution in [-0.4, -0.2) is 45.2 Å². The molecule has 1 atom stereocenters. The summed E-state index contributed by atoms with van der Waals surface area (Å²) in [5.74, 6) is -0.799. The van der Waals surface area contributed by atoms with Gasteiger partial charge in [-0.3, -0.25) is 9.78 Å². The van der Waals surface area contributed by atoms with Crippen LogP contribution in [0.25, 0.3) is 11.4 Å². The lowest BCUT2D eigenvalue weighted by atomic mass is 10.1. The average Bonchev–Trinajstić information content (AvgIpc) is 2.85. The maximum atomic E-state index is 13.1. The molecule has 5 N–H and O–H groups in total. The molecule has 33 heavy (non-hydrogen) atoms. The van der Waals surface area contributed by atoms with Crippen molar-refractivity contribution in [2.24, 2.45) is 0 Å². The van der Waals surface area contributed by atoms with E-state index in [0.29, 0.717) is 22.8 Å². The molecule has 0 aliphatic carbocycles. The second-order valence-corrected chi connectivity index (χ2v) is 7.98. The highest BCUT2D eigenvalue weighted by Crippen LogP contribution is 2.29. The number of amides is 1. The lowest BCUT2D eigenvalue weighted by Gasteiger charge is -2.30. The molecular weight excluding hydrogens is 420 g/mol. The third-order valence-electron chi connectivity index (χ3n) is 5.61. The molecule has 1 aliphatic heterocycles. The van der Waals surface area contributed by atoms with Crippen LogP contribution in [0.2, 0.25) is 0 Å². The van der Waals surface area contributed by atoms with Crippen LogP contribution >= 0.6 is 0 Å². The molecular formula is C23H26N8O2. The summed E-state index contributed by atoms with van der Waals surface area (Å²) < 4.78 is 0. The normalized spacial score (nSPS) is 14.5. The van der Waals surface area contributed by atoms with Crippen molar-refractivity contribution in [2.75, 3.05) is 34.8 Å². The van der Waals surface area contributed by atoms with Crippen molar-refractivity contribution >= 4 is 35.1 Å². The highest BCUT2D eigenvalue weighted by Gasteiger charge is 2.20. The van der Waals surface area contributed by atoms with Crippen LogP contribution in [0.3, 0.4) is 0 Å². The Bertz CT molecular complexity index is 1180. The summed E-state index contributed by atoms with van der Waals surface area (Å²) in [5, 5.41) is 2.90. The molecule has 10 nitrogen and oxygen atoms in total. The number of nitrogens with zero attached hydrogens (tertiary/aromatic N) is 5. The van der Waals surface area contributed by atoms with Gasteiger partial charge in [0.25, 0.3) is 5.91 Å². The number of anilines is 4. The topological polar surface area (TPSA) is 153 Å².